The number of hydrogen-bond acceptors (Lipinski definition) is 5. The second-order valence-electron chi connectivity index (χ2n) is 9.55. The Labute approximate surface area is 206 Å². The van der Waals surface area contributed by atoms with Gasteiger partial charge in [-0.25, -0.2) is 4.98 Å². The highest BCUT2D eigenvalue weighted by atomic mass is 16.7. The van der Waals surface area contributed by atoms with Crippen LogP contribution < -0.4 is 0 Å². The van der Waals surface area contributed by atoms with Crippen molar-refractivity contribution in [2.24, 2.45) is 5.41 Å². The minimum atomic E-state index is -0.544. The molecule has 0 spiro atoms. The van der Waals surface area contributed by atoms with Crippen molar-refractivity contribution in [1.29, 1.82) is 0 Å². The Balaban J connectivity index is 1.23. The van der Waals surface area contributed by atoms with Gasteiger partial charge in [-0.05, 0) is 19.9 Å². The van der Waals surface area contributed by atoms with Crippen LogP contribution in [0.5, 0.6) is 0 Å². The van der Waals surface area contributed by atoms with Crippen molar-refractivity contribution >= 4 is 0 Å². The van der Waals surface area contributed by atoms with Gasteiger partial charge in [0.05, 0.1) is 50.1 Å². The SMILES string of the molecule is Cc1cc(C)n(CCOC[C@]2(C)CO[C@H](c3nc(-c4ccccc4)c(-c4ccccc4)[nH]3)OC2)n1. The molecule has 182 valence electrons. The molecule has 2 aromatic carbocycles. The number of H-pyrrole nitrogens is 1. The molecule has 0 amide bonds. The van der Waals surface area contributed by atoms with Crippen LogP contribution >= 0.6 is 0 Å². The molecule has 1 N–H and O–H groups in total. The third-order valence-corrected chi connectivity index (χ3v) is 6.22. The summed E-state index contributed by atoms with van der Waals surface area (Å²) in [5, 5.41) is 4.49. The van der Waals surface area contributed by atoms with Gasteiger partial charge in [0, 0.05) is 22.2 Å². The lowest BCUT2D eigenvalue weighted by molar-refractivity contribution is -0.242. The summed E-state index contributed by atoms with van der Waals surface area (Å²) in [7, 11) is 0. The molecule has 5 rings (SSSR count). The van der Waals surface area contributed by atoms with Crippen LogP contribution in [0.2, 0.25) is 0 Å². The predicted molar refractivity (Wildman–Crippen MR) is 135 cm³/mol. The van der Waals surface area contributed by atoms with E-state index in [1.807, 2.05) is 48.0 Å². The first kappa shape index (κ1) is 23.5. The fourth-order valence-electron chi connectivity index (χ4n) is 4.38. The first-order valence-electron chi connectivity index (χ1n) is 12.0. The molecule has 0 atom stereocenters. The molecule has 0 radical (unpaired) electrons. The Morgan fingerprint density at radius 2 is 1.66 bits per heavy atom. The van der Waals surface area contributed by atoms with E-state index in [4.69, 9.17) is 19.2 Å². The zero-order chi connectivity index (χ0) is 24.3. The second kappa shape index (κ2) is 10.2. The van der Waals surface area contributed by atoms with Gasteiger partial charge in [0.15, 0.2) is 5.82 Å². The Kier molecular flexibility index (Phi) is 6.81. The third kappa shape index (κ3) is 5.37. The average molecular weight is 473 g/mol. The summed E-state index contributed by atoms with van der Waals surface area (Å²) >= 11 is 0. The highest BCUT2D eigenvalue weighted by Gasteiger charge is 2.35. The van der Waals surface area contributed by atoms with Crippen molar-refractivity contribution in [3.05, 3.63) is 83.9 Å². The zero-order valence-corrected chi connectivity index (χ0v) is 20.5. The molecule has 0 bridgehead atoms. The molecular weight excluding hydrogens is 440 g/mol. The quantitative estimate of drug-likeness (QED) is 0.351. The molecule has 1 fully saturated rings. The zero-order valence-electron chi connectivity index (χ0n) is 20.5. The van der Waals surface area contributed by atoms with Crippen molar-refractivity contribution < 1.29 is 14.2 Å². The van der Waals surface area contributed by atoms with E-state index in [9.17, 15) is 0 Å². The molecule has 7 heteroatoms. The minimum absolute atomic E-state index is 0.220. The highest BCUT2D eigenvalue weighted by Crippen LogP contribution is 2.35. The van der Waals surface area contributed by atoms with Crippen LogP contribution in [0.15, 0.2) is 66.7 Å². The van der Waals surface area contributed by atoms with Gasteiger partial charge in [-0.2, -0.15) is 5.10 Å². The molecule has 1 aliphatic rings. The summed E-state index contributed by atoms with van der Waals surface area (Å²) in [4.78, 5) is 8.37. The van der Waals surface area contributed by atoms with Crippen LogP contribution in [0.4, 0.5) is 0 Å². The van der Waals surface area contributed by atoms with Crippen molar-refractivity contribution in [3.63, 3.8) is 0 Å². The van der Waals surface area contributed by atoms with Gasteiger partial charge in [-0.15, -0.1) is 0 Å². The fraction of sp³-hybridized carbons (Fsp3) is 0.357. The van der Waals surface area contributed by atoms with E-state index >= 15 is 0 Å². The number of nitrogens with zero attached hydrogens (tertiary/aromatic N) is 3. The number of hydrogen-bond donors (Lipinski definition) is 1. The standard InChI is InChI=1S/C28H32N4O3/c1-20-16-21(2)32(31-20)14-15-33-17-28(3)18-34-27(35-19-28)26-29-24(22-10-6-4-7-11-22)25(30-26)23-12-8-5-9-13-23/h4-13,16,27H,14-15,17-19H2,1-3H3,(H,29,30)/t27-,28+. The largest absolute Gasteiger partial charge is 0.379 e. The van der Waals surface area contributed by atoms with Crippen molar-refractivity contribution in [3.8, 4) is 22.5 Å². The number of aryl methyl sites for hydroxylation is 2. The predicted octanol–water partition coefficient (Wildman–Crippen LogP) is 5.33. The Morgan fingerprint density at radius 3 is 2.29 bits per heavy atom. The highest BCUT2D eigenvalue weighted by molar-refractivity contribution is 5.78. The van der Waals surface area contributed by atoms with Gasteiger partial charge >= 0.3 is 0 Å². The van der Waals surface area contributed by atoms with Crippen LogP contribution in [0.1, 0.15) is 30.4 Å². The third-order valence-electron chi connectivity index (χ3n) is 6.22. The van der Waals surface area contributed by atoms with Crippen LogP contribution in [0.25, 0.3) is 22.5 Å². The van der Waals surface area contributed by atoms with Crippen LogP contribution in [0, 0.1) is 19.3 Å². The Morgan fingerprint density at radius 1 is 1.00 bits per heavy atom. The maximum Gasteiger partial charge on any atom is 0.217 e. The topological polar surface area (TPSA) is 74.2 Å². The summed E-state index contributed by atoms with van der Waals surface area (Å²) in [6.07, 6.45) is -0.544. The van der Waals surface area contributed by atoms with Gasteiger partial charge in [0.1, 0.15) is 0 Å². The monoisotopic (exact) mass is 472 g/mol. The second-order valence-corrected chi connectivity index (χ2v) is 9.55. The minimum Gasteiger partial charge on any atom is -0.379 e. The molecule has 35 heavy (non-hydrogen) atoms. The molecule has 3 heterocycles. The fourth-order valence-corrected chi connectivity index (χ4v) is 4.38. The first-order chi connectivity index (χ1) is 17.0. The summed E-state index contributed by atoms with van der Waals surface area (Å²) in [5.41, 5.74) is 5.92. The normalized spacial score (nSPS) is 20.3. The molecule has 0 saturated carbocycles. The maximum absolute atomic E-state index is 6.14. The van der Waals surface area contributed by atoms with Gasteiger partial charge in [-0.3, -0.25) is 4.68 Å². The van der Waals surface area contributed by atoms with E-state index in [2.05, 4.69) is 54.3 Å². The molecular formula is C28H32N4O3. The van der Waals surface area contributed by atoms with Crippen LogP contribution in [-0.2, 0) is 20.8 Å². The summed E-state index contributed by atoms with van der Waals surface area (Å²) in [6, 6.07) is 22.5. The van der Waals surface area contributed by atoms with Crippen LogP contribution in [0.3, 0.4) is 0 Å². The van der Waals surface area contributed by atoms with Crippen molar-refractivity contribution in [2.75, 3.05) is 26.4 Å². The summed E-state index contributed by atoms with van der Waals surface area (Å²) in [6.45, 7) is 9.13. The number of ether oxygens (including phenoxy) is 3. The van der Waals surface area contributed by atoms with E-state index < -0.39 is 6.29 Å². The van der Waals surface area contributed by atoms with E-state index in [0.29, 0.717) is 32.3 Å². The molecule has 1 aliphatic heterocycles. The smallest absolute Gasteiger partial charge is 0.217 e. The molecule has 2 aromatic heterocycles. The Bertz CT molecular complexity index is 1180. The number of benzene rings is 2. The van der Waals surface area contributed by atoms with Gasteiger partial charge in [0.2, 0.25) is 6.29 Å². The lowest BCUT2D eigenvalue weighted by Crippen LogP contribution is -2.40. The number of rotatable bonds is 8. The molecule has 0 aliphatic carbocycles. The van der Waals surface area contributed by atoms with Gasteiger partial charge < -0.3 is 19.2 Å². The first-order valence-corrected chi connectivity index (χ1v) is 12.0. The van der Waals surface area contributed by atoms with E-state index in [1.54, 1.807) is 0 Å². The van der Waals surface area contributed by atoms with Crippen molar-refractivity contribution in [2.45, 2.75) is 33.6 Å². The van der Waals surface area contributed by atoms with Gasteiger partial charge in [-0.1, -0.05) is 67.6 Å². The van der Waals surface area contributed by atoms with Gasteiger partial charge in [0.25, 0.3) is 0 Å². The lowest BCUT2D eigenvalue weighted by atomic mass is 9.93. The number of imidazole rings is 1. The van der Waals surface area contributed by atoms with E-state index in [1.165, 1.54) is 0 Å². The number of aromatic amines is 1. The van der Waals surface area contributed by atoms with E-state index in [-0.39, 0.29) is 5.41 Å². The van der Waals surface area contributed by atoms with E-state index in [0.717, 1.165) is 40.4 Å². The molecule has 0 unspecified atom stereocenters. The number of aromatic nitrogens is 4. The van der Waals surface area contributed by atoms with Crippen LogP contribution in [-0.4, -0.2) is 46.2 Å². The summed E-state index contributed by atoms with van der Waals surface area (Å²) in [5.74, 6) is 0.676. The summed E-state index contributed by atoms with van der Waals surface area (Å²) < 4.78 is 20.2. The average Bonchev–Trinajstić information content (AvgIpc) is 3.46. The molecule has 1 saturated heterocycles. The van der Waals surface area contributed by atoms with Crippen molar-refractivity contribution in [1.82, 2.24) is 19.7 Å². The number of nitrogens with one attached hydrogen (secondary N) is 1. The molecule has 4 aromatic rings. The molecule has 7 nitrogen and oxygen atoms in total. The lowest BCUT2D eigenvalue weighted by Gasteiger charge is -2.36. The maximum atomic E-state index is 6.14. The Hall–Kier alpha value is -3.26.